The predicted molar refractivity (Wildman–Crippen MR) is 72.3 cm³/mol. The number of benzene rings is 1. The van der Waals surface area contributed by atoms with E-state index in [2.05, 4.69) is 10.0 Å². The topological polar surface area (TPSA) is 58.2 Å². The quantitative estimate of drug-likeness (QED) is 0.896. The molecule has 2 atom stereocenters. The third kappa shape index (κ3) is 4.18. The third-order valence-electron chi connectivity index (χ3n) is 3.45. The zero-order valence-corrected chi connectivity index (χ0v) is 12.3. The molecule has 8 heteroatoms. The molecule has 4 nitrogen and oxygen atoms in total. The van der Waals surface area contributed by atoms with Crippen LogP contribution in [-0.2, 0) is 16.2 Å². The van der Waals surface area contributed by atoms with Gasteiger partial charge in [0.15, 0.2) is 0 Å². The van der Waals surface area contributed by atoms with Gasteiger partial charge in [0, 0.05) is 18.6 Å². The molecule has 118 valence electrons. The molecule has 0 spiro atoms. The van der Waals surface area contributed by atoms with Crippen molar-refractivity contribution in [1.29, 1.82) is 0 Å². The van der Waals surface area contributed by atoms with E-state index in [1.807, 2.05) is 6.92 Å². The van der Waals surface area contributed by atoms with E-state index in [-0.39, 0.29) is 10.9 Å². The first-order valence-electron chi connectivity index (χ1n) is 6.61. The average molecular weight is 322 g/mol. The Morgan fingerprint density at radius 3 is 2.57 bits per heavy atom. The Balaban J connectivity index is 2.16. The van der Waals surface area contributed by atoms with Crippen LogP contribution in [0.1, 0.15) is 25.3 Å². The number of hydrogen-bond donors (Lipinski definition) is 2. The van der Waals surface area contributed by atoms with Crippen molar-refractivity contribution in [2.24, 2.45) is 0 Å². The molecule has 1 aliphatic rings. The molecule has 1 aromatic carbocycles. The Morgan fingerprint density at radius 2 is 2.00 bits per heavy atom. The summed E-state index contributed by atoms with van der Waals surface area (Å²) in [6, 6.07) is 3.78. The minimum absolute atomic E-state index is 0.305. The molecule has 0 bridgehead atoms. The molecular weight excluding hydrogens is 305 g/mol. The van der Waals surface area contributed by atoms with Crippen molar-refractivity contribution >= 4 is 10.0 Å². The molecule has 0 amide bonds. The van der Waals surface area contributed by atoms with Gasteiger partial charge >= 0.3 is 6.18 Å². The Labute approximate surface area is 121 Å². The Hall–Kier alpha value is -1.12. The summed E-state index contributed by atoms with van der Waals surface area (Å²) in [5.74, 6) is 0. The second-order valence-corrected chi connectivity index (χ2v) is 6.94. The van der Waals surface area contributed by atoms with Crippen molar-refractivity contribution in [2.45, 2.75) is 42.9 Å². The van der Waals surface area contributed by atoms with E-state index >= 15 is 0 Å². The van der Waals surface area contributed by atoms with Gasteiger partial charge in [0.05, 0.1) is 10.5 Å². The number of halogens is 3. The maximum atomic E-state index is 12.6. The highest BCUT2D eigenvalue weighted by Gasteiger charge is 2.32. The highest BCUT2D eigenvalue weighted by molar-refractivity contribution is 7.89. The maximum absolute atomic E-state index is 12.6. The monoisotopic (exact) mass is 322 g/mol. The van der Waals surface area contributed by atoms with E-state index in [0.717, 1.165) is 24.6 Å². The highest BCUT2D eigenvalue weighted by Crippen LogP contribution is 2.30. The van der Waals surface area contributed by atoms with E-state index < -0.39 is 21.8 Å². The number of alkyl halides is 3. The van der Waals surface area contributed by atoms with E-state index in [0.29, 0.717) is 25.1 Å². The number of piperidine rings is 1. The largest absolute Gasteiger partial charge is 0.416 e. The summed E-state index contributed by atoms with van der Waals surface area (Å²) in [7, 11) is -3.95. The fraction of sp³-hybridized carbons (Fsp3) is 0.538. The lowest BCUT2D eigenvalue weighted by Crippen LogP contribution is -2.48. The first-order valence-corrected chi connectivity index (χ1v) is 8.10. The first kappa shape index (κ1) is 16.3. The molecule has 2 rings (SSSR count). The van der Waals surface area contributed by atoms with Gasteiger partial charge in [-0.2, -0.15) is 13.2 Å². The summed E-state index contributed by atoms with van der Waals surface area (Å²) in [4.78, 5) is -0.365. The summed E-state index contributed by atoms with van der Waals surface area (Å²) in [6.07, 6.45) is -3.09. The van der Waals surface area contributed by atoms with Crippen LogP contribution >= 0.6 is 0 Å². The summed E-state index contributed by atoms with van der Waals surface area (Å²) in [6.45, 7) is 2.47. The van der Waals surface area contributed by atoms with Crippen molar-refractivity contribution in [3.63, 3.8) is 0 Å². The molecule has 1 aliphatic heterocycles. The van der Waals surface area contributed by atoms with Crippen LogP contribution in [0, 0.1) is 0 Å². The second-order valence-electron chi connectivity index (χ2n) is 5.23. The van der Waals surface area contributed by atoms with Crippen LogP contribution in [0.2, 0.25) is 0 Å². The molecule has 0 radical (unpaired) electrons. The molecule has 0 aromatic heterocycles. The van der Waals surface area contributed by atoms with Gasteiger partial charge in [0.25, 0.3) is 0 Å². The Kier molecular flexibility index (Phi) is 4.60. The zero-order chi connectivity index (χ0) is 15.7. The van der Waals surface area contributed by atoms with Gasteiger partial charge < -0.3 is 5.32 Å². The molecule has 1 fully saturated rings. The van der Waals surface area contributed by atoms with Gasteiger partial charge in [0.1, 0.15) is 0 Å². The second kappa shape index (κ2) is 5.94. The zero-order valence-electron chi connectivity index (χ0n) is 11.4. The minimum Gasteiger partial charge on any atom is -0.313 e. The first-order chi connectivity index (χ1) is 9.68. The SMILES string of the molecule is CC1CCC(NS(=O)(=O)c2cccc(C(F)(F)F)c2)CN1. The van der Waals surface area contributed by atoms with Crippen molar-refractivity contribution in [3.05, 3.63) is 29.8 Å². The normalized spacial score (nSPS) is 24.0. The molecule has 0 aliphatic carbocycles. The van der Waals surface area contributed by atoms with Crippen molar-refractivity contribution < 1.29 is 21.6 Å². The number of hydrogen-bond acceptors (Lipinski definition) is 3. The molecular formula is C13H17F3N2O2S. The molecule has 1 aromatic rings. The van der Waals surface area contributed by atoms with Gasteiger partial charge in [-0.3, -0.25) is 0 Å². The summed E-state index contributed by atoms with van der Waals surface area (Å²) in [5, 5.41) is 3.13. The van der Waals surface area contributed by atoms with Gasteiger partial charge in [-0.25, -0.2) is 13.1 Å². The van der Waals surface area contributed by atoms with Gasteiger partial charge in [-0.1, -0.05) is 6.07 Å². The van der Waals surface area contributed by atoms with Crippen LogP contribution in [0.3, 0.4) is 0 Å². The fourth-order valence-corrected chi connectivity index (χ4v) is 3.54. The lowest BCUT2D eigenvalue weighted by atomic mass is 10.0. The maximum Gasteiger partial charge on any atom is 0.416 e. The molecule has 21 heavy (non-hydrogen) atoms. The van der Waals surface area contributed by atoms with E-state index in [9.17, 15) is 21.6 Å². The van der Waals surface area contributed by atoms with Crippen LogP contribution in [-0.4, -0.2) is 27.0 Å². The summed E-state index contributed by atoms with van der Waals surface area (Å²) in [5.41, 5.74) is -0.972. The number of sulfonamides is 1. The average Bonchev–Trinajstić information content (AvgIpc) is 2.40. The van der Waals surface area contributed by atoms with Gasteiger partial charge in [-0.05, 0) is 38.0 Å². The van der Waals surface area contributed by atoms with Crippen LogP contribution in [0.4, 0.5) is 13.2 Å². The number of rotatable bonds is 3. The molecule has 2 unspecified atom stereocenters. The van der Waals surface area contributed by atoms with Crippen LogP contribution < -0.4 is 10.0 Å². The molecule has 1 saturated heterocycles. The minimum atomic E-state index is -4.56. The van der Waals surface area contributed by atoms with Crippen molar-refractivity contribution in [2.75, 3.05) is 6.54 Å². The van der Waals surface area contributed by atoms with E-state index in [1.165, 1.54) is 0 Å². The summed E-state index contributed by atoms with van der Waals surface area (Å²) < 4.78 is 64.7. The van der Waals surface area contributed by atoms with Crippen LogP contribution in [0.15, 0.2) is 29.2 Å². The fourth-order valence-electron chi connectivity index (χ4n) is 2.23. The Morgan fingerprint density at radius 1 is 1.29 bits per heavy atom. The smallest absolute Gasteiger partial charge is 0.313 e. The molecule has 2 N–H and O–H groups in total. The van der Waals surface area contributed by atoms with Crippen LogP contribution in [0.25, 0.3) is 0 Å². The Bertz CT molecular complexity index is 594. The van der Waals surface area contributed by atoms with Crippen molar-refractivity contribution in [3.8, 4) is 0 Å². The lowest BCUT2D eigenvalue weighted by molar-refractivity contribution is -0.137. The van der Waals surface area contributed by atoms with Gasteiger partial charge in [-0.15, -0.1) is 0 Å². The van der Waals surface area contributed by atoms with E-state index in [1.54, 1.807) is 0 Å². The summed E-state index contributed by atoms with van der Waals surface area (Å²) >= 11 is 0. The highest BCUT2D eigenvalue weighted by atomic mass is 32.2. The van der Waals surface area contributed by atoms with Crippen molar-refractivity contribution in [1.82, 2.24) is 10.0 Å². The van der Waals surface area contributed by atoms with Gasteiger partial charge in [0.2, 0.25) is 10.0 Å². The van der Waals surface area contributed by atoms with Crippen LogP contribution in [0.5, 0.6) is 0 Å². The third-order valence-corrected chi connectivity index (χ3v) is 4.97. The number of nitrogens with one attached hydrogen (secondary N) is 2. The lowest BCUT2D eigenvalue weighted by Gasteiger charge is -2.28. The molecule has 1 heterocycles. The standard InChI is InChI=1S/C13H17F3N2O2S/c1-9-5-6-11(8-17-9)18-21(19,20)12-4-2-3-10(7-12)13(14,15)16/h2-4,7,9,11,17-18H,5-6,8H2,1H3. The van der Waals surface area contributed by atoms with E-state index in [4.69, 9.17) is 0 Å². The predicted octanol–water partition coefficient (Wildman–Crippen LogP) is 2.12. The molecule has 0 saturated carbocycles.